The van der Waals surface area contributed by atoms with Crippen molar-refractivity contribution in [1.82, 2.24) is 4.90 Å². The van der Waals surface area contributed by atoms with Gasteiger partial charge in [0.25, 0.3) is 0 Å². The summed E-state index contributed by atoms with van der Waals surface area (Å²) < 4.78 is 0. The van der Waals surface area contributed by atoms with Crippen LogP contribution < -0.4 is 0 Å². The van der Waals surface area contributed by atoms with Crippen LogP contribution in [0.4, 0.5) is 0 Å². The number of rotatable bonds is 11. The van der Waals surface area contributed by atoms with E-state index in [0.29, 0.717) is 17.3 Å². The average Bonchev–Trinajstić information content (AvgIpc) is 2.91. The third kappa shape index (κ3) is 4.72. The maximum absolute atomic E-state index is 2.69. The molecule has 1 aliphatic rings. The molecule has 1 heteroatoms. The van der Waals surface area contributed by atoms with E-state index in [1.54, 1.807) is 5.57 Å². The molecule has 0 saturated heterocycles. The lowest BCUT2D eigenvalue weighted by molar-refractivity contribution is 0.212. The zero-order chi connectivity index (χ0) is 16.6. The SMILES string of the molecule is CCCCN(CCCC)CCC1=CC=CC1(C(C)C)C(C)C. The van der Waals surface area contributed by atoms with Crippen molar-refractivity contribution in [2.45, 2.75) is 73.6 Å². The van der Waals surface area contributed by atoms with Crippen molar-refractivity contribution >= 4 is 0 Å². The highest BCUT2D eigenvalue weighted by molar-refractivity contribution is 5.35. The van der Waals surface area contributed by atoms with Crippen LogP contribution in [0.5, 0.6) is 0 Å². The maximum Gasteiger partial charge on any atom is 0.0143 e. The second kappa shape index (κ2) is 9.55. The summed E-state index contributed by atoms with van der Waals surface area (Å²) in [6.07, 6.45) is 13.7. The summed E-state index contributed by atoms with van der Waals surface area (Å²) >= 11 is 0. The lowest BCUT2D eigenvalue weighted by atomic mass is 9.65. The molecule has 1 nitrogen and oxygen atoms in total. The normalized spacial score (nSPS) is 17.0. The number of unbranched alkanes of at least 4 members (excludes halogenated alkanes) is 2. The Labute approximate surface area is 139 Å². The Hall–Kier alpha value is -0.560. The first-order valence-corrected chi connectivity index (χ1v) is 9.60. The van der Waals surface area contributed by atoms with Crippen molar-refractivity contribution < 1.29 is 0 Å². The predicted octanol–water partition coefficient (Wildman–Crippen LogP) is 6.07. The lowest BCUT2D eigenvalue weighted by Gasteiger charge is -2.40. The fourth-order valence-corrected chi connectivity index (χ4v) is 4.05. The minimum Gasteiger partial charge on any atom is -0.303 e. The Bertz CT molecular complexity index is 346. The molecule has 0 aromatic rings. The van der Waals surface area contributed by atoms with Crippen LogP contribution in [-0.4, -0.2) is 24.5 Å². The van der Waals surface area contributed by atoms with Crippen molar-refractivity contribution in [2.75, 3.05) is 19.6 Å². The molecule has 0 unspecified atom stereocenters. The highest BCUT2D eigenvalue weighted by Gasteiger charge is 2.39. The molecule has 0 fully saturated rings. The van der Waals surface area contributed by atoms with Gasteiger partial charge in [0.1, 0.15) is 0 Å². The number of hydrogen-bond donors (Lipinski definition) is 0. The van der Waals surface area contributed by atoms with Gasteiger partial charge in [-0.15, -0.1) is 0 Å². The van der Waals surface area contributed by atoms with Gasteiger partial charge in [-0.25, -0.2) is 0 Å². The van der Waals surface area contributed by atoms with Gasteiger partial charge in [0, 0.05) is 12.0 Å². The summed E-state index contributed by atoms with van der Waals surface area (Å²) in [6, 6.07) is 0. The van der Waals surface area contributed by atoms with Crippen LogP contribution in [0.2, 0.25) is 0 Å². The Morgan fingerprint density at radius 1 is 0.909 bits per heavy atom. The van der Waals surface area contributed by atoms with Gasteiger partial charge in [-0.2, -0.15) is 0 Å². The van der Waals surface area contributed by atoms with Crippen LogP contribution in [0.15, 0.2) is 23.8 Å². The van der Waals surface area contributed by atoms with Gasteiger partial charge in [0.05, 0.1) is 0 Å². The van der Waals surface area contributed by atoms with Crippen LogP contribution in [0.1, 0.15) is 73.6 Å². The molecule has 0 bridgehead atoms. The van der Waals surface area contributed by atoms with E-state index < -0.39 is 0 Å². The topological polar surface area (TPSA) is 3.24 Å². The lowest BCUT2D eigenvalue weighted by Crippen LogP contribution is -2.34. The zero-order valence-corrected chi connectivity index (χ0v) is 16.0. The first kappa shape index (κ1) is 19.5. The van der Waals surface area contributed by atoms with Gasteiger partial charge < -0.3 is 4.90 Å². The molecule has 0 spiro atoms. The molecule has 0 amide bonds. The second-order valence-electron chi connectivity index (χ2n) is 7.59. The van der Waals surface area contributed by atoms with Crippen LogP contribution in [0, 0.1) is 17.3 Å². The average molecular weight is 306 g/mol. The minimum absolute atomic E-state index is 0.293. The van der Waals surface area contributed by atoms with E-state index in [1.165, 1.54) is 51.7 Å². The summed E-state index contributed by atoms with van der Waals surface area (Å²) in [5, 5.41) is 0. The third-order valence-corrected chi connectivity index (χ3v) is 5.49. The van der Waals surface area contributed by atoms with Crippen LogP contribution >= 0.6 is 0 Å². The highest BCUT2D eigenvalue weighted by Crippen LogP contribution is 2.48. The minimum atomic E-state index is 0.293. The van der Waals surface area contributed by atoms with Gasteiger partial charge in [-0.05, 0) is 44.2 Å². The predicted molar refractivity (Wildman–Crippen MR) is 100 cm³/mol. The van der Waals surface area contributed by atoms with Gasteiger partial charge >= 0.3 is 0 Å². The molecule has 0 saturated carbocycles. The molecule has 0 radical (unpaired) electrons. The van der Waals surface area contributed by atoms with Crippen molar-refractivity contribution in [3.63, 3.8) is 0 Å². The van der Waals surface area contributed by atoms with Crippen molar-refractivity contribution in [2.24, 2.45) is 17.3 Å². The number of hydrogen-bond acceptors (Lipinski definition) is 1. The van der Waals surface area contributed by atoms with E-state index in [1.807, 2.05) is 0 Å². The molecule has 22 heavy (non-hydrogen) atoms. The van der Waals surface area contributed by atoms with E-state index in [9.17, 15) is 0 Å². The van der Waals surface area contributed by atoms with Crippen LogP contribution in [0.25, 0.3) is 0 Å². The summed E-state index contributed by atoms with van der Waals surface area (Å²) in [6.45, 7) is 17.9. The first-order valence-electron chi connectivity index (χ1n) is 9.60. The number of nitrogens with zero attached hydrogens (tertiary/aromatic N) is 1. The Balaban J connectivity index is 2.67. The molecule has 0 aromatic carbocycles. The standard InChI is InChI=1S/C21H39N/c1-7-9-15-22(16-10-8-2)17-13-20-12-11-14-21(20,18(3)4)19(5)6/h11-12,14,18-19H,7-10,13,15-17H2,1-6H3. The second-order valence-corrected chi connectivity index (χ2v) is 7.59. The van der Waals surface area contributed by atoms with Crippen molar-refractivity contribution in [3.05, 3.63) is 23.8 Å². The summed E-state index contributed by atoms with van der Waals surface area (Å²) in [4.78, 5) is 2.69. The molecule has 0 aliphatic heterocycles. The molecular formula is C21H39N. The van der Waals surface area contributed by atoms with Crippen LogP contribution in [0.3, 0.4) is 0 Å². The van der Waals surface area contributed by atoms with E-state index in [-0.39, 0.29) is 0 Å². The molecule has 1 aliphatic carbocycles. The first-order chi connectivity index (χ1) is 10.5. The van der Waals surface area contributed by atoms with Gasteiger partial charge in [-0.1, -0.05) is 78.2 Å². The molecule has 1 rings (SSSR count). The summed E-state index contributed by atoms with van der Waals surface area (Å²) in [5.41, 5.74) is 1.96. The quantitative estimate of drug-likeness (QED) is 0.447. The van der Waals surface area contributed by atoms with Crippen LogP contribution in [-0.2, 0) is 0 Å². The Morgan fingerprint density at radius 2 is 1.45 bits per heavy atom. The van der Waals surface area contributed by atoms with E-state index in [0.717, 1.165) is 0 Å². The molecule has 0 atom stereocenters. The smallest absolute Gasteiger partial charge is 0.0143 e. The van der Waals surface area contributed by atoms with Crippen molar-refractivity contribution in [1.29, 1.82) is 0 Å². The monoisotopic (exact) mass is 305 g/mol. The van der Waals surface area contributed by atoms with Crippen molar-refractivity contribution in [3.8, 4) is 0 Å². The molecular weight excluding hydrogens is 266 g/mol. The Morgan fingerprint density at radius 3 is 1.91 bits per heavy atom. The fourth-order valence-electron chi connectivity index (χ4n) is 4.05. The zero-order valence-electron chi connectivity index (χ0n) is 16.0. The molecule has 128 valence electrons. The van der Waals surface area contributed by atoms with E-state index in [4.69, 9.17) is 0 Å². The summed E-state index contributed by atoms with van der Waals surface area (Å²) in [5.74, 6) is 1.36. The molecule has 0 aromatic heterocycles. The number of allylic oxidation sites excluding steroid dienone is 3. The highest BCUT2D eigenvalue weighted by atomic mass is 15.1. The maximum atomic E-state index is 2.69. The molecule has 0 heterocycles. The summed E-state index contributed by atoms with van der Waals surface area (Å²) in [7, 11) is 0. The fraction of sp³-hybridized carbons (Fsp3) is 0.810. The largest absolute Gasteiger partial charge is 0.303 e. The molecule has 0 N–H and O–H groups in total. The van der Waals surface area contributed by atoms with E-state index >= 15 is 0 Å². The van der Waals surface area contributed by atoms with Gasteiger partial charge in [0.2, 0.25) is 0 Å². The van der Waals surface area contributed by atoms with E-state index in [2.05, 4.69) is 64.7 Å². The Kier molecular flexibility index (Phi) is 8.46. The van der Waals surface area contributed by atoms with Gasteiger partial charge in [0.15, 0.2) is 0 Å². The third-order valence-electron chi connectivity index (χ3n) is 5.49. The van der Waals surface area contributed by atoms with Gasteiger partial charge in [-0.3, -0.25) is 0 Å².